The predicted molar refractivity (Wildman–Crippen MR) is 165 cm³/mol. The standard InChI is InChI=1S/C35H41N3O3/c39-35(29-38(40)41)34(37(27-32-19-9-3-10-20-32)28-33-21-11-4-12-22-33)23-13-14-24-36(25-30-15-5-1-6-16-30)26-31-17-7-2-8-18-31/h1-12,15-22,34-35,39H,13-14,23-29H2/t34-,35-/m1/s1. The molecule has 4 aromatic carbocycles. The number of hydrogen-bond acceptors (Lipinski definition) is 5. The van der Waals surface area contributed by atoms with Crippen molar-refractivity contribution in [2.75, 3.05) is 13.1 Å². The molecule has 0 saturated carbocycles. The first kappa shape index (κ1) is 30.1. The highest BCUT2D eigenvalue weighted by molar-refractivity contribution is 5.19. The lowest BCUT2D eigenvalue weighted by Gasteiger charge is -2.34. The molecule has 4 aromatic rings. The molecule has 0 unspecified atom stereocenters. The summed E-state index contributed by atoms with van der Waals surface area (Å²) in [5.74, 6) is 0. The van der Waals surface area contributed by atoms with E-state index in [1.807, 2.05) is 48.5 Å². The van der Waals surface area contributed by atoms with E-state index in [1.165, 1.54) is 11.1 Å². The summed E-state index contributed by atoms with van der Waals surface area (Å²) in [5, 5.41) is 22.6. The van der Waals surface area contributed by atoms with Crippen molar-refractivity contribution in [3.63, 3.8) is 0 Å². The number of benzene rings is 4. The molecule has 0 aliphatic rings. The van der Waals surface area contributed by atoms with Crippen LogP contribution in [0.4, 0.5) is 0 Å². The average Bonchev–Trinajstić information content (AvgIpc) is 2.98. The zero-order valence-electron chi connectivity index (χ0n) is 23.7. The molecule has 4 rings (SSSR count). The summed E-state index contributed by atoms with van der Waals surface area (Å²) < 4.78 is 0. The van der Waals surface area contributed by atoms with Gasteiger partial charge in [-0.3, -0.25) is 19.9 Å². The number of nitrogens with zero attached hydrogens (tertiary/aromatic N) is 3. The molecule has 1 N–H and O–H groups in total. The Hall–Kier alpha value is -3.84. The van der Waals surface area contributed by atoms with Gasteiger partial charge in [-0.1, -0.05) is 128 Å². The quantitative estimate of drug-likeness (QED) is 0.0913. The monoisotopic (exact) mass is 551 g/mol. The Morgan fingerprint density at radius 3 is 1.39 bits per heavy atom. The zero-order chi connectivity index (χ0) is 28.7. The summed E-state index contributed by atoms with van der Waals surface area (Å²) in [6.07, 6.45) is 1.42. The molecule has 6 heteroatoms. The van der Waals surface area contributed by atoms with Gasteiger partial charge in [-0.25, -0.2) is 0 Å². The highest BCUT2D eigenvalue weighted by Crippen LogP contribution is 2.21. The van der Waals surface area contributed by atoms with E-state index in [2.05, 4.69) is 82.6 Å². The van der Waals surface area contributed by atoms with Crippen molar-refractivity contribution in [2.24, 2.45) is 0 Å². The van der Waals surface area contributed by atoms with Crippen LogP contribution < -0.4 is 0 Å². The summed E-state index contributed by atoms with van der Waals surface area (Å²) in [6, 6.07) is 41.0. The molecule has 6 nitrogen and oxygen atoms in total. The van der Waals surface area contributed by atoms with E-state index in [1.54, 1.807) is 0 Å². The second kappa shape index (κ2) is 16.4. The van der Waals surface area contributed by atoms with Crippen LogP contribution in [0.5, 0.6) is 0 Å². The molecule has 0 spiro atoms. The molecule has 0 aliphatic carbocycles. The van der Waals surface area contributed by atoms with Gasteiger partial charge in [-0.05, 0) is 41.6 Å². The molecule has 2 atom stereocenters. The van der Waals surface area contributed by atoms with E-state index in [4.69, 9.17) is 0 Å². The van der Waals surface area contributed by atoms with Gasteiger partial charge in [0.2, 0.25) is 6.54 Å². The molecular weight excluding hydrogens is 510 g/mol. The molecule has 0 aromatic heterocycles. The lowest BCUT2D eigenvalue weighted by Crippen LogP contribution is -2.46. The highest BCUT2D eigenvalue weighted by atomic mass is 16.6. The van der Waals surface area contributed by atoms with Crippen molar-refractivity contribution in [1.29, 1.82) is 0 Å². The Labute approximate surface area is 244 Å². The Bertz CT molecular complexity index is 1190. The van der Waals surface area contributed by atoms with Gasteiger partial charge in [-0.15, -0.1) is 0 Å². The van der Waals surface area contributed by atoms with Crippen molar-refractivity contribution in [3.8, 4) is 0 Å². The third-order valence-electron chi connectivity index (χ3n) is 7.43. The maximum Gasteiger partial charge on any atom is 0.230 e. The summed E-state index contributed by atoms with van der Waals surface area (Å²) in [6.45, 7) is 3.39. The largest absolute Gasteiger partial charge is 0.385 e. The van der Waals surface area contributed by atoms with Gasteiger partial charge in [0.15, 0.2) is 0 Å². The van der Waals surface area contributed by atoms with Gasteiger partial charge < -0.3 is 5.11 Å². The van der Waals surface area contributed by atoms with Crippen molar-refractivity contribution < 1.29 is 10.0 Å². The number of rotatable bonds is 17. The summed E-state index contributed by atoms with van der Waals surface area (Å²) in [4.78, 5) is 15.7. The van der Waals surface area contributed by atoms with Gasteiger partial charge in [0.1, 0.15) is 6.10 Å². The molecular formula is C35H41N3O3. The van der Waals surface area contributed by atoms with Gasteiger partial charge in [0.05, 0.1) is 0 Å². The van der Waals surface area contributed by atoms with Crippen LogP contribution in [-0.2, 0) is 26.2 Å². The van der Waals surface area contributed by atoms with Crippen LogP contribution in [-0.4, -0.2) is 45.1 Å². The summed E-state index contributed by atoms with van der Waals surface area (Å²) in [5.41, 5.74) is 4.80. The van der Waals surface area contributed by atoms with Gasteiger partial charge in [0, 0.05) is 37.1 Å². The second-order valence-electron chi connectivity index (χ2n) is 10.7. The number of aliphatic hydroxyl groups is 1. The van der Waals surface area contributed by atoms with E-state index < -0.39 is 17.6 Å². The minimum atomic E-state index is -1.05. The van der Waals surface area contributed by atoms with Gasteiger partial charge in [0.25, 0.3) is 0 Å². The van der Waals surface area contributed by atoms with Crippen molar-refractivity contribution in [2.45, 2.75) is 57.6 Å². The summed E-state index contributed by atoms with van der Waals surface area (Å²) in [7, 11) is 0. The molecule has 41 heavy (non-hydrogen) atoms. The van der Waals surface area contributed by atoms with E-state index >= 15 is 0 Å². The van der Waals surface area contributed by atoms with Crippen LogP contribution in [0.25, 0.3) is 0 Å². The van der Waals surface area contributed by atoms with Crippen LogP contribution in [0, 0.1) is 10.1 Å². The highest BCUT2D eigenvalue weighted by Gasteiger charge is 2.29. The van der Waals surface area contributed by atoms with Crippen LogP contribution in [0.1, 0.15) is 41.5 Å². The fraction of sp³-hybridized carbons (Fsp3) is 0.314. The van der Waals surface area contributed by atoms with E-state index in [-0.39, 0.29) is 6.04 Å². The number of nitro groups is 1. The molecule has 0 bridgehead atoms. The second-order valence-corrected chi connectivity index (χ2v) is 10.7. The van der Waals surface area contributed by atoms with Crippen LogP contribution in [0.15, 0.2) is 121 Å². The minimum Gasteiger partial charge on any atom is -0.385 e. The molecule has 0 saturated heterocycles. The number of hydrogen-bond donors (Lipinski definition) is 1. The molecule has 0 radical (unpaired) electrons. The molecule has 0 aliphatic heterocycles. The fourth-order valence-corrected chi connectivity index (χ4v) is 5.41. The molecule has 0 amide bonds. The maximum atomic E-state index is 11.4. The van der Waals surface area contributed by atoms with Crippen molar-refractivity contribution in [3.05, 3.63) is 154 Å². The Kier molecular flexibility index (Phi) is 12.1. The third kappa shape index (κ3) is 10.6. The molecule has 214 valence electrons. The molecule has 0 heterocycles. The van der Waals surface area contributed by atoms with Gasteiger partial charge >= 0.3 is 0 Å². The first-order valence-corrected chi connectivity index (χ1v) is 14.5. The first-order chi connectivity index (χ1) is 20.1. The normalized spacial score (nSPS) is 12.9. The van der Waals surface area contributed by atoms with Crippen molar-refractivity contribution >= 4 is 0 Å². The summed E-state index contributed by atoms with van der Waals surface area (Å²) >= 11 is 0. The third-order valence-corrected chi connectivity index (χ3v) is 7.43. The smallest absolute Gasteiger partial charge is 0.230 e. The predicted octanol–water partition coefficient (Wildman–Crippen LogP) is 6.57. The van der Waals surface area contributed by atoms with Crippen LogP contribution in [0.2, 0.25) is 0 Å². The minimum absolute atomic E-state index is 0.336. The first-order valence-electron chi connectivity index (χ1n) is 14.5. The Morgan fingerprint density at radius 2 is 1.00 bits per heavy atom. The van der Waals surface area contributed by atoms with Crippen molar-refractivity contribution in [1.82, 2.24) is 9.80 Å². The van der Waals surface area contributed by atoms with Gasteiger partial charge in [-0.2, -0.15) is 0 Å². The lowest BCUT2D eigenvalue weighted by molar-refractivity contribution is -0.492. The SMILES string of the molecule is O=[N+]([O-])C[C@@H](O)[C@@H](CCCCN(Cc1ccccc1)Cc1ccccc1)N(Cc1ccccc1)Cc1ccccc1. The van der Waals surface area contributed by atoms with E-state index in [0.717, 1.165) is 43.6 Å². The zero-order valence-corrected chi connectivity index (χ0v) is 23.7. The Morgan fingerprint density at radius 1 is 0.610 bits per heavy atom. The maximum absolute atomic E-state index is 11.4. The molecule has 0 fully saturated rings. The van der Waals surface area contributed by atoms with E-state index in [0.29, 0.717) is 19.5 Å². The topological polar surface area (TPSA) is 69.8 Å². The van der Waals surface area contributed by atoms with Crippen LogP contribution in [0.3, 0.4) is 0 Å². The average molecular weight is 552 g/mol. The van der Waals surface area contributed by atoms with Crippen LogP contribution >= 0.6 is 0 Å². The number of aliphatic hydroxyl groups excluding tert-OH is 1. The van der Waals surface area contributed by atoms with E-state index in [9.17, 15) is 15.2 Å². The Balaban J connectivity index is 1.46. The lowest BCUT2D eigenvalue weighted by atomic mass is 9.99. The number of unbranched alkanes of at least 4 members (excludes halogenated alkanes) is 1. The fourth-order valence-electron chi connectivity index (χ4n) is 5.41.